The van der Waals surface area contributed by atoms with Gasteiger partial charge in [-0.15, -0.1) is 0 Å². The third kappa shape index (κ3) is 4.92. The second-order valence-corrected chi connectivity index (χ2v) is 9.54. The van der Waals surface area contributed by atoms with Crippen molar-refractivity contribution in [2.45, 2.75) is 25.7 Å². The molecule has 2 unspecified atom stereocenters. The molecule has 5 rings (SSSR count). The van der Waals surface area contributed by atoms with Crippen molar-refractivity contribution >= 4 is 21.8 Å². The van der Waals surface area contributed by atoms with Gasteiger partial charge in [0.25, 0.3) is 5.91 Å². The van der Waals surface area contributed by atoms with E-state index in [2.05, 4.69) is 15.9 Å². The Balaban J connectivity index is 1.51. The van der Waals surface area contributed by atoms with E-state index in [9.17, 15) is 9.18 Å². The summed E-state index contributed by atoms with van der Waals surface area (Å²) in [6.07, 6.45) is 1.35. The Kier molecular flexibility index (Phi) is 6.89. The van der Waals surface area contributed by atoms with E-state index in [-0.39, 0.29) is 11.7 Å². The molecule has 0 spiro atoms. The highest BCUT2D eigenvalue weighted by atomic mass is 79.9. The van der Waals surface area contributed by atoms with Crippen LogP contribution in [0.1, 0.15) is 24.3 Å². The number of methoxy groups -OCH3 is 1. The van der Waals surface area contributed by atoms with Gasteiger partial charge in [0.05, 0.1) is 12.8 Å². The first-order chi connectivity index (χ1) is 17.4. The summed E-state index contributed by atoms with van der Waals surface area (Å²) in [5.74, 6) is 0.389. The van der Waals surface area contributed by atoms with Crippen LogP contribution in [-0.4, -0.2) is 40.3 Å². The highest BCUT2D eigenvalue weighted by molar-refractivity contribution is 9.10. The van der Waals surface area contributed by atoms with Gasteiger partial charge in [-0.3, -0.25) is 4.79 Å². The van der Waals surface area contributed by atoms with E-state index in [0.29, 0.717) is 18.7 Å². The molecular weight excluding hydrogens is 525 g/mol. The summed E-state index contributed by atoms with van der Waals surface area (Å²) < 4.78 is 27.8. The first kappa shape index (κ1) is 24.2. The maximum Gasteiger partial charge on any atom is 0.253 e. The Morgan fingerprint density at radius 1 is 1.03 bits per heavy atom. The minimum absolute atomic E-state index is 0.0741. The predicted molar refractivity (Wildman–Crippen MR) is 138 cm³/mol. The highest BCUT2D eigenvalue weighted by Gasteiger charge is 2.40. The lowest BCUT2D eigenvalue weighted by molar-refractivity contribution is -0.130. The van der Waals surface area contributed by atoms with E-state index in [1.54, 1.807) is 35.7 Å². The number of nitrogens with zero attached hydrogens (tertiary/aromatic N) is 3. The first-order valence-electron chi connectivity index (χ1n) is 11.6. The van der Waals surface area contributed by atoms with E-state index in [4.69, 9.17) is 14.6 Å². The SMILES string of the molecule is COc1ccc(CCN2C(=O)C(C)OC2c2cn(-c3ccc(Br)cc3)nc2-c2ccc(F)cc2)cc1. The smallest absolute Gasteiger partial charge is 0.253 e. The van der Waals surface area contributed by atoms with Gasteiger partial charge in [-0.25, -0.2) is 9.07 Å². The zero-order valence-corrected chi connectivity index (χ0v) is 21.5. The molecule has 4 aromatic rings. The van der Waals surface area contributed by atoms with Gasteiger partial charge in [0, 0.05) is 28.3 Å². The number of rotatable bonds is 7. The van der Waals surface area contributed by atoms with Crippen molar-refractivity contribution < 1.29 is 18.7 Å². The second-order valence-electron chi connectivity index (χ2n) is 8.62. The minimum Gasteiger partial charge on any atom is -0.497 e. The van der Waals surface area contributed by atoms with E-state index < -0.39 is 12.3 Å². The lowest BCUT2D eigenvalue weighted by Crippen LogP contribution is -2.32. The number of benzene rings is 3. The molecule has 1 fully saturated rings. The molecule has 0 radical (unpaired) electrons. The summed E-state index contributed by atoms with van der Waals surface area (Å²) in [5.41, 5.74) is 4.07. The van der Waals surface area contributed by atoms with Crippen LogP contribution in [0.5, 0.6) is 5.75 Å². The molecule has 184 valence electrons. The third-order valence-electron chi connectivity index (χ3n) is 6.26. The molecule has 0 saturated carbocycles. The molecule has 1 aliphatic rings. The Morgan fingerprint density at radius 2 is 1.72 bits per heavy atom. The topological polar surface area (TPSA) is 56.6 Å². The van der Waals surface area contributed by atoms with Crippen LogP contribution in [0.2, 0.25) is 0 Å². The molecule has 2 atom stereocenters. The van der Waals surface area contributed by atoms with Crippen molar-refractivity contribution in [1.82, 2.24) is 14.7 Å². The number of carbonyl (C=O) groups is 1. The van der Waals surface area contributed by atoms with Crippen LogP contribution in [0.15, 0.2) is 83.5 Å². The average Bonchev–Trinajstić information content (AvgIpc) is 3.45. The fraction of sp³-hybridized carbons (Fsp3) is 0.214. The van der Waals surface area contributed by atoms with Crippen LogP contribution in [0.4, 0.5) is 4.39 Å². The van der Waals surface area contributed by atoms with Gasteiger partial charge < -0.3 is 14.4 Å². The number of carbonyl (C=O) groups excluding carboxylic acids is 1. The van der Waals surface area contributed by atoms with Gasteiger partial charge in [-0.1, -0.05) is 28.1 Å². The fourth-order valence-electron chi connectivity index (χ4n) is 4.31. The number of amides is 1. The largest absolute Gasteiger partial charge is 0.497 e. The first-order valence-corrected chi connectivity index (χ1v) is 12.4. The van der Waals surface area contributed by atoms with Crippen LogP contribution in [-0.2, 0) is 16.0 Å². The third-order valence-corrected chi connectivity index (χ3v) is 6.79. The fourth-order valence-corrected chi connectivity index (χ4v) is 4.58. The molecule has 1 aromatic heterocycles. The van der Waals surface area contributed by atoms with Crippen molar-refractivity contribution in [2.75, 3.05) is 13.7 Å². The molecular formula is C28H25BrFN3O3. The van der Waals surface area contributed by atoms with E-state index in [1.807, 2.05) is 54.7 Å². The van der Waals surface area contributed by atoms with Crippen molar-refractivity contribution in [3.05, 3.63) is 100 Å². The lowest BCUT2D eigenvalue weighted by Gasteiger charge is -2.23. The molecule has 1 aliphatic heterocycles. The summed E-state index contributed by atoms with van der Waals surface area (Å²) in [5, 5.41) is 4.82. The molecule has 8 heteroatoms. The monoisotopic (exact) mass is 549 g/mol. The number of hydrogen-bond donors (Lipinski definition) is 0. The molecule has 1 saturated heterocycles. The predicted octanol–water partition coefficient (Wildman–Crippen LogP) is 5.94. The number of ether oxygens (including phenoxy) is 2. The summed E-state index contributed by atoms with van der Waals surface area (Å²) in [7, 11) is 1.63. The Bertz CT molecular complexity index is 1350. The van der Waals surface area contributed by atoms with Crippen LogP contribution < -0.4 is 4.74 Å². The minimum atomic E-state index is -0.616. The average molecular weight is 550 g/mol. The van der Waals surface area contributed by atoms with E-state index in [1.165, 1.54) is 12.1 Å². The Morgan fingerprint density at radius 3 is 2.39 bits per heavy atom. The second kappa shape index (κ2) is 10.2. The Labute approximate surface area is 217 Å². The maximum atomic E-state index is 13.7. The number of halogens is 2. The van der Waals surface area contributed by atoms with Crippen molar-refractivity contribution in [2.24, 2.45) is 0 Å². The summed E-state index contributed by atoms with van der Waals surface area (Å²) >= 11 is 3.46. The lowest BCUT2D eigenvalue weighted by atomic mass is 10.1. The van der Waals surface area contributed by atoms with Gasteiger partial charge in [0.2, 0.25) is 0 Å². The van der Waals surface area contributed by atoms with E-state index in [0.717, 1.165) is 32.6 Å². The Hall–Kier alpha value is -3.49. The molecule has 2 heterocycles. The van der Waals surface area contributed by atoms with Crippen molar-refractivity contribution in [3.8, 4) is 22.7 Å². The molecule has 0 bridgehead atoms. The standard InChI is InChI=1S/C28H25BrFN3O3/c1-18-27(34)32(16-15-19-3-13-24(35-2)14-4-19)28(36-18)25-17-33(23-11-7-21(29)8-12-23)31-26(25)20-5-9-22(30)10-6-20/h3-14,17-18,28H,15-16H2,1-2H3. The van der Waals surface area contributed by atoms with Crippen LogP contribution >= 0.6 is 15.9 Å². The van der Waals surface area contributed by atoms with Gasteiger partial charge in [-0.2, -0.15) is 5.10 Å². The van der Waals surface area contributed by atoms with Gasteiger partial charge in [0.1, 0.15) is 23.4 Å². The summed E-state index contributed by atoms with van der Waals surface area (Å²) in [6.45, 7) is 2.24. The zero-order chi connectivity index (χ0) is 25.2. The van der Waals surface area contributed by atoms with Crippen molar-refractivity contribution in [1.29, 1.82) is 0 Å². The van der Waals surface area contributed by atoms with Crippen LogP contribution in [0, 0.1) is 5.82 Å². The van der Waals surface area contributed by atoms with Gasteiger partial charge >= 0.3 is 0 Å². The molecule has 0 aliphatic carbocycles. The normalized spacial score (nSPS) is 17.6. The van der Waals surface area contributed by atoms with Crippen LogP contribution in [0.25, 0.3) is 16.9 Å². The zero-order valence-electron chi connectivity index (χ0n) is 19.9. The summed E-state index contributed by atoms with van der Waals surface area (Å²) in [6, 6.07) is 21.8. The molecule has 1 amide bonds. The quantitative estimate of drug-likeness (QED) is 0.286. The highest BCUT2D eigenvalue weighted by Crippen LogP contribution is 2.37. The van der Waals surface area contributed by atoms with Crippen LogP contribution in [0.3, 0.4) is 0 Å². The number of hydrogen-bond acceptors (Lipinski definition) is 4. The maximum absolute atomic E-state index is 13.7. The molecule has 6 nitrogen and oxygen atoms in total. The van der Waals surface area contributed by atoms with Gasteiger partial charge in [-0.05, 0) is 79.6 Å². The van der Waals surface area contributed by atoms with Gasteiger partial charge in [0.15, 0.2) is 6.23 Å². The van der Waals surface area contributed by atoms with Crippen molar-refractivity contribution in [3.63, 3.8) is 0 Å². The van der Waals surface area contributed by atoms with E-state index >= 15 is 0 Å². The molecule has 36 heavy (non-hydrogen) atoms. The molecule has 3 aromatic carbocycles. The number of aromatic nitrogens is 2. The molecule has 0 N–H and O–H groups in total. The summed E-state index contributed by atoms with van der Waals surface area (Å²) in [4.78, 5) is 14.9.